The van der Waals surface area contributed by atoms with Gasteiger partial charge in [-0.25, -0.2) is 4.39 Å². The minimum absolute atomic E-state index is 0.0174. The third-order valence-corrected chi connectivity index (χ3v) is 4.08. The topological polar surface area (TPSA) is 66.0 Å². The van der Waals surface area contributed by atoms with Crippen molar-refractivity contribution in [3.8, 4) is 17.4 Å². The van der Waals surface area contributed by atoms with Crippen LogP contribution in [0.15, 0.2) is 64.6 Å². The Balaban J connectivity index is 1.80. The molecular formula is C21H14ClFN2O2. The van der Waals surface area contributed by atoms with E-state index in [2.05, 4.69) is 5.32 Å². The van der Waals surface area contributed by atoms with Crippen LogP contribution in [0.5, 0.6) is 0 Å². The molecule has 1 heterocycles. The van der Waals surface area contributed by atoms with E-state index in [1.165, 1.54) is 24.3 Å². The molecule has 134 valence electrons. The highest BCUT2D eigenvalue weighted by molar-refractivity contribution is 6.31. The second-order valence-electron chi connectivity index (χ2n) is 5.82. The van der Waals surface area contributed by atoms with Crippen LogP contribution in [0.1, 0.15) is 11.3 Å². The summed E-state index contributed by atoms with van der Waals surface area (Å²) in [6, 6.07) is 16.6. The van der Waals surface area contributed by atoms with Crippen LogP contribution in [0, 0.1) is 24.1 Å². The van der Waals surface area contributed by atoms with Crippen molar-refractivity contribution in [1.29, 1.82) is 5.26 Å². The Morgan fingerprint density at radius 2 is 1.93 bits per heavy atom. The summed E-state index contributed by atoms with van der Waals surface area (Å²) in [7, 11) is 0. The number of amides is 1. The van der Waals surface area contributed by atoms with Crippen LogP contribution in [0.25, 0.3) is 17.4 Å². The number of nitrogens with zero attached hydrogens (tertiary/aromatic N) is 1. The number of aryl methyl sites for hydroxylation is 1. The Bertz CT molecular complexity index is 1060. The molecule has 0 atom stereocenters. The maximum absolute atomic E-state index is 13.3. The normalized spacial score (nSPS) is 11.1. The molecule has 0 aliphatic carbocycles. The minimum atomic E-state index is -0.538. The number of hydrogen-bond donors (Lipinski definition) is 1. The van der Waals surface area contributed by atoms with Gasteiger partial charge >= 0.3 is 0 Å². The second kappa shape index (κ2) is 7.90. The lowest BCUT2D eigenvalue weighted by atomic mass is 10.2. The number of carbonyl (C=O) groups is 1. The maximum Gasteiger partial charge on any atom is 0.266 e. The van der Waals surface area contributed by atoms with Crippen molar-refractivity contribution in [3.05, 3.63) is 82.3 Å². The maximum atomic E-state index is 13.3. The predicted molar refractivity (Wildman–Crippen MR) is 103 cm³/mol. The van der Waals surface area contributed by atoms with Crippen molar-refractivity contribution >= 4 is 29.3 Å². The molecule has 0 fully saturated rings. The Morgan fingerprint density at radius 1 is 1.19 bits per heavy atom. The van der Waals surface area contributed by atoms with E-state index in [0.717, 1.165) is 5.56 Å². The first kappa shape index (κ1) is 18.4. The molecule has 0 radical (unpaired) electrons. The molecule has 3 aromatic rings. The Morgan fingerprint density at radius 3 is 2.59 bits per heavy atom. The molecular weight excluding hydrogens is 367 g/mol. The van der Waals surface area contributed by atoms with E-state index in [4.69, 9.17) is 16.0 Å². The van der Waals surface area contributed by atoms with E-state index in [1.54, 1.807) is 24.3 Å². The fourth-order valence-electron chi connectivity index (χ4n) is 2.36. The summed E-state index contributed by atoms with van der Waals surface area (Å²) in [6.45, 7) is 1.94. The zero-order chi connectivity index (χ0) is 19.4. The average molecular weight is 381 g/mol. The molecule has 0 saturated carbocycles. The Hall–Kier alpha value is -3.36. The number of benzene rings is 2. The summed E-state index contributed by atoms with van der Waals surface area (Å²) in [4.78, 5) is 12.3. The highest BCUT2D eigenvalue weighted by atomic mass is 35.5. The lowest BCUT2D eigenvalue weighted by Crippen LogP contribution is -2.13. The summed E-state index contributed by atoms with van der Waals surface area (Å²) in [5, 5.41) is 11.9. The Labute approximate surface area is 160 Å². The standard InChI is InChI=1S/C21H14ClFN2O2/c1-13-2-5-16(6-3-13)25-21(26)15(12-24)10-17-7-9-20(27-17)14-4-8-19(23)18(22)11-14/h2-11H,1H3,(H,25,26)/b15-10-. The number of nitrogens with one attached hydrogen (secondary N) is 1. The SMILES string of the molecule is Cc1ccc(NC(=O)/C(C#N)=C\c2ccc(-c3ccc(F)c(Cl)c3)o2)cc1. The lowest BCUT2D eigenvalue weighted by molar-refractivity contribution is -0.112. The van der Waals surface area contributed by atoms with Crippen LogP contribution in [0.3, 0.4) is 0 Å². The van der Waals surface area contributed by atoms with Gasteiger partial charge in [0.2, 0.25) is 0 Å². The third kappa shape index (κ3) is 4.43. The monoisotopic (exact) mass is 380 g/mol. The molecule has 0 spiro atoms. The van der Waals surface area contributed by atoms with Gasteiger partial charge < -0.3 is 9.73 Å². The minimum Gasteiger partial charge on any atom is -0.457 e. The number of nitriles is 1. The van der Waals surface area contributed by atoms with E-state index in [1.807, 2.05) is 25.1 Å². The summed E-state index contributed by atoms with van der Waals surface area (Å²) in [5.74, 6) is -0.295. The van der Waals surface area contributed by atoms with Gasteiger partial charge in [0.25, 0.3) is 5.91 Å². The molecule has 2 aromatic carbocycles. The summed E-state index contributed by atoms with van der Waals surface area (Å²) >= 11 is 5.78. The van der Waals surface area contributed by atoms with Crippen LogP contribution >= 0.6 is 11.6 Å². The summed E-state index contributed by atoms with van der Waals surface area (Å²) in [6.07, 6.45) is 1.35. The van der Waals surface area contributed by atoms with E-state index in [0.29, 0.717) is 22.8 Å². The highest BCUT2D eigenvalue weighted by Crippen LogP contribution is 2.27. The number of carbonyl (C=O) groups excluding carboxylic acids is 1. The zero-order valence-electron chi connectivity index (χ0n) is 14.3. The van der Waals surface area contributed by atoms with Gasteiger partial charge in [-0.1, -0.05) is 29.3 Å². The molecule has 0 saturated heterocycles. The largest absolute Gasteiger partial charge is 0.457 e. The summed E-state index contributed by atoms with van der Waals surface area (Å²) < 4.78 is 18.9. The number of rotatable bonds is 4. The van der Waals surface area contributed by atoms with Gasteiger partial charge in [0.15, 0.2) is 0 Å². The van der Waals surface area contributed by atoms with Crippen LogP contribution < -0.4 is 5.32 Å². The predicted octanol–water partition coefficient (Wildman–Crippen LogP) is 5.59. The number of hydrogen-bond acceptors (Lipinski definition) is 3. The highest BCUT2D eigenvalue weighted by Gasteiger charge is 2.12. The smallest absolute Gasteiger partial charge is 0.266 e. The van der Waals surface area contributed by atoms with E-state index in [-0.39, 0.29) is 10.6 Å². The fourth-order valence-corrected chi connectivity index (χ4v) is 2.54. The van der Waals surface area contributed by atoms with Gasteiger partial charge in [-0.05, 0) is 49.4 Å². The first-order chi connectivity index (χ1) is 13.0. The third-order valence-electron chi connectivity index (χ3n) is 3.79. The van der Waals surface area contributed by atoms with Crippen LogP contribution in [0.4, 0.5) is 10.1 Å². The van der Waals surface area contributed by atoms with Crippen molar-refractivity contribution in [2.45, 2.75) is 6.92 Å². The van der Waals surface area contributed by atoms with Crippen molar-refractivity contribution < 1.29 is 13.6 Å². The van der Waals surface area contributed by atoms with Crippen molar-refractivity contribution in [2.24, 2.45) is 0 Å². The van der Waals surface area contributed by atoms with Crippen molar-refractivity contribution in [2.75, 3.05) is 5.32 Å². The average Bonchev–Trinajstić information content (AvgIpc) is 3.12. The molecule has 1 aromatic heterocycles. The zero-order valence-corrected chi connectivity index (χ0v) is 15.0. The van der Waals surface area contributed by atoms with Gasteiger partial charge in [0.05, 0.1) is 5.02 Å². The molecule has 1 N–H and O–H groups in total. The number of anilines is 1. The van der Waals surface area contributed by atoms with Crippen LogP contribution in [0.2, 0.25) is 5.02 Å². The van der Waals surface area contributed by atoms with Gasteiger partial charge in [-0.3, -0.25) is 4.79 Å². The van der Waals surface area contributed by atoms with Crippen LogP contribution in [-0.2, 0) is 4.79 Å². The first-order valence-electron chi connectivity index (χ1n) is 8.01. The molecule has 3 rings (SSSR count). The van der Waals surface area contributed by atoms with Gasteiger partial charge in [-0.15, -0.1) is 0 Å². The van der Waals surface area contributed by atoms with Gasteiger partial charge in [0, 0.05) is 17.3 Å². The summed E-state index contributed by atoms with van der Waals surface area (Å²) in [5.41, 5.74) is 2.14. The van der Waals surface area contributed by atoms with Crippen LogP contribution in [-0.4, -0.2) is 5.91 Å². The van der Waals surface area contributed by atoms with Gasteiger partial charge in [-0.2, -0.15) is 5.26 Å². The molecule has 0 unspecified atom stereocenters. The molecule has 27 heavy (non-hydrogen) atoms. The lowest BCUT2D eigenvalue weighted by Gasteiger charge is -2.04. The Kier molecular flexibility index (Phi) is 5.39. The first-order valence-corrected chi connectivity index (χ1v) is 8.39. The second-order valence-corrected chi connectivity index (χ2v) is 6.23. The quantitative estimate of drug-likeness (QED) is 0.473. The molecule has 6 heteroatoms. The number of furan rings is 1. The molecule has 4 nitrogen and oxygen atoms in total. The van der Waals surface area contributed by atoms with Gasteiger partial charge in [0.1, 0.15) is 29.0 Å². The molecule has 1 amide bonds. The molecule has 0 aliphatic heterocycles. The van der Waals surface area contributed by atoms with Crippen molar-refractivity contribution in [1.82, 2.24) is 0 Å². The van der Waals surface area contributed by atoms with E-state index in [9.17, 15) is 14.4 Å². The molecule has 0 bridgehead atoms. The van der Waals surface area contributed by atoms with E-state index < -0.39 is 11.7 Å². The molecule has 0 aliphatic rings. The van der Waals surface area contributed by atoms with Crippen molar-refractivity contribution in [3.63, 3.8) is 0 Å². The fraction of sp³-hybridized carbons (Fsp3) is 0.0476. The number of halogens is 2. The van der Waals surface area contributed by atoms with E-state index >= 15 is 0 Å².